The van der Waals surface area contributed by atoms with E-state index in [1.54, 1.807) is 0 Å². The van der Waals surface area contributed by atoms with E-state index in [1.165, 1.54) is 5.69 Å². The van der Waals surface area contributed by atoms with Gasteiger partial charge in [0.2, 0.25) is 0 Å². The Labute approximate surface area is 73.5 Å². The average molecular weight is 197 g/mol. The number of halogens is 4. The summed E-state index contributed by atoms with van der Waals surface area (Å²) in [5.41, 5.74) is 1.21. The number of imidazole rings is 1. The summed E-state index contributed by atoms with van der Waals surface area (Å²) < 4.78 is 39.0. The second-order valence-corrected chi connectivity index (χ2v) is 2.34. The van der Waals surface area contributed by atoms with Gasteiger partial charge in [0.25, 0.3) is 0 Å². The monoisotopic (exact) mass is 197 g/mol. The molecule has 0 fully saturated rings. The molecule has 1 aromatic rings. The first-order valence-electron chi connectivity index (χ1n) is 3.70. The first-order valence-corrected chi connectivity index (χ1v) is 3.70. The number of aryl methyl sites for hydroxylation is 2. The van der Waals surface area contributed by atoms with Gasteiger partial charge in [0.05, 0.1) is 0 Å². The zero-order valence-corrected chi connectivity index (χ0v) is 7.32. The standard InChI is InChI=1S/C6H10N2.BF4/c1-3-6-4-7-5(2)8-6;2-1(3,4)5/h4H,3H2,1-2H3,(H,7,8);/q;-1. The Bertz CT molecular complexity index is 239. The highest BCUT2D eigenvalue weighted by Gasteiger charge is 2.20. The van der Waals surface area contributed by atoms with Crippen LogP contribution in [0.4, 0.5) is 17.3 Å². The van der Waals surface area contributed by atoms with E-state index in [0.29, 0.717) is 0 Å². The Kier molecular flexibility index (Phi) is 4.51. The lowest BCUT2D eigenvalue weighted by molar-refractivity contribution is 0.368. The number of aromatic amines is 1. The van der Waals surface area contributed by atoms with Crippen LogP contribution in [0.25, 0.3) is 0 Å². The van der Waals surface area contributed by atoms with Crippen LogP contribution in [-0.2, 0) is 6.42 Å². The topological polar surface area (TPSA) is 28.7 Å². The first-order chi connectivity index (χ1) is 5.83. The molecule has 1 heterocycles. The second kappa shape index (κ2) is 4.88. The fourth-order valence-electron chi connectivity index (χ4n) is 0.651. The predicted molar refractivity (Wildman–Crippen MR) is 42.9 cm³/mol. The molecule has 0 radical (unpaired) electrons. The third-order valence-electron chi connectivity index (χ3n) is 1.14. The van der Waals surface area contributed by atoms with Crippen LogP contribution < -0.4 is 0 Å². The van der Waals surface area contributed by atoms with Crippen LogP contribution >= 0.6 is 0 Å². The number of hydrogen-bond donors (Lipinski definition) is 1. The maximum atomic E-state index is 9.75. The Morgan fingerprint density at radius 2 is 1.85 bits per heavy atom. The van der Waals surface area contributed by atoms with Gasteiger partial charge < -0.3 is 22.2 Å². The van der Waals surface area contributed by atoms with E-state index in [4.69, 9.17) is 0 Å². The van der Waals surface area contributed by atoms with Crippen molar-refractivity contribution >= 4 is 7.25 Å². The number of hydrogen-bond acceptors (Lipinski definition) is 1. The van der Waals surface area contributed by atoms with Crippen molar-refractivity contribution in [3.63, 3.8) is 0 Å². The molecular weight excluding hydrogens is 187 g/mol. The lowest BCUT2D eigenvalue weighted by Crippen LogP contribution is -2.02. The van der Waals surface area contributed by atoms with Gasteiger partial charge in [-0.1, -0.05) is 6.92 Å². The van der Waals surface area contributed by atoms with Crippen molar-refractivity contribution in [3.8, 4) is 0 Å². The highest BCUT2D eigenvalue weighted by atomic mass is 19.5. The van der Waals surface area contributed by atoms with Crippen molar-refractivity contribution in [2.24, 2.45) is 0 Å². The minimum Gasteiger partial charge on any atom is -0.418 e. The smallest absolute Gasteiger partial charge is 0.418 e. The van der Waals surface area contributed by atoms with Gasteiger partial charge in [0.15, 0.2) is 0 Å². The number of nitrogens with one attached hydrogen (secondary N) is 1. The highest BCUT2D eigenvalue weighted by molar-refractivity contribution is 6.50. The van der Waals surface area contributed by atoms with Gasteiger partial charge in [-0.25, -0.2) is 4.98 Å². The van der Waals surface area contributed by atoms with E-state index in [9.17, 15) is 17.3 Å². The van der Waals surface area contributed by atoms with Crippen molar-refractivity contribution in [1.29, 1.82) is 0 Å². The zero-order valence-electron chi connectivity index (χ0n) is 7.32. The third kappa shape index (κ3) is 8.90. The van der Waals surface area contributed by atoms with Gasteiger partial charge in [-0.3, -0.25) is 0 Å². The van der Waals surface area contributed by atoms with Gasteiger partial charge in [0, 0.05) is 11.9 Å². The zero-order chi connectivity index (χ0) is 10.5. The quantitative estimate of drug-likeness (QED) is 0.543. The molecule has 13 heavy (non-hydrogen) atoms. The molecule has 0 amide bonds. The lowest BCUT2D eigenvalue weighted by atomic mass is 10.3. The molecule has 7 heteroatoms. The number of nitrogens with zero attached hydrogens (tertiary/aromatic N) is 1. The Balaban J connectivity index is 0.000000252. The van der Waals surface area contributed by atoms with Crippen LogP contribution in [0.15, 0.2) is 6.20 Å². The Morgan fingerprint density at radius 1 is 1.38 bits per heavy atom. The summed E-state index contributed by atoms with van der Waals surface area (Å²) in [5, 5.41) is 0. The van der Waals surface area contributed by atoms with Crippen molar-refractivity contribution in [2.75, 3.05) is 0 Å². The molecule has 0 aromatic carbocycles. The molecule has 0 aliphatic carbocycles. The number of H-pyrrole nitrogens is 1. The van der Waals surface area contributed by atoms with Crippen molar-refractivity contribution in [1.82, 2.24) is 9.97 Å². The first kappa shape index (κ1) is 12.0. The molecule has 1 aromatic heterocycles. The van der Waals surface area contributed by atoms with Gasteiger partial charge in [-0.15, -0.1) is 0 Å². The minimum absolute atomic E-state index is 1.00. The maximum absolute atomic E-state index is 9.75. The van der Waals surface area contributed by atoms with Crippen LogP contribution in [0.1, 0.15) is 18.4 Å². The molecule has 0 bridgehead atoms. The van der Waals surface area contributed by atoms with E-state index in [1.807, 2.05) is 13.1 Å². The van der Waals surface area contributed by atoms with Gasteiger partial charge >= 0.3 is 7.25 Å². The fraction of sp³-hybridized carbons (Fsp3) is 0.500. The lowest BCUT2D eigenvalue weighted by Gasteiger charge is -1.94. The molecule has 0 saturated carbocycles. The third-order valence-corrected chi connectivity index (χ3v) is 1.14. The normalized spacial score (nSPS) is 10.6. The number of aromatic nitrogens is 2. The summed E-state index contributed by atoms with van der Waals surface area (Å²) in [4.78, 5) is 7.15. The van der Waals surface area contributed by atoms with Crippen molar-refractivity contribution < 1.29 is 17.3 Å². The Morgan fingerprint density at radius 3 is 2.00 bits per heavy atom. The molecule has 1 rings (SSSR count). The van der Waals surface area contributed by atoms with E-state index >= 15 is 0 Å². The molecule has 0 aliphatic heterocycles. The average Bonchev–Trinajstić information content (AvgIpc) is 2.31. The minimum atomic E-state index is -6.00. The van der Waals surface area contributed by atoms with Crippen LogP contribution in [0.3, 0.4) is 0 Å². The number of rotatable bonds is 1. The summed E-state index contributed by atoms with van der Waals surface area (Å²) >= 11 is 0. The van der Waals surface area contributed by atoms with E-state index in [2.05, 4.69) is 16.9 Å². The molecule has 0 atom stereocenters. The molecule has 1 N–H and O–H groups in total. The molecule has 2 nitrogen and oxygen atoms in total. The van der Waals surface area contributed by atoms with Crippen LogP contribution in [0.5, 0.6) is 0 Å². The molecule has 0 aliphatic rings. The molecule has 0 unspecified atom stereocenters. The second-order valence-electron chi connectivity index (χ2n) is 2.34. The molecule has 0 saturated heterocycles. The van der Waals surface area contributed by atoms with E-state index in [-0.39, 0.29) is 0 Å². The molecule has 0 spiro atoms. The maximum Gasteiger partial charge on any atom is 0.673 e. The van der Waals surface area contributed by atoms with Crippen LogP contribution in [0.2, 0.25) is 0 Å². The largest absolute Gasteiger partial charge is 0.673 e. The van der Waals surface area contributed by atoms with E-state index in [0.717, 1.165) is 12.2 Å². The summed E-state index contributed by atoms with van der Waals surface area (Å²) in [6.45, 7) is 4.06. The molecule has 76 valence electrons. The highest BCUT2D eigenvalue weighted by Crippen LogP contribution is 2.06. The van der Waals surface area contributed by atoms with Gasteiger partial charge in [-0.05, 0) is 13.3 Å². The summed E-state index contributed by atoms with van der Waals surface area (Å²) in [6.07, 6.45) is 2.91. The van der Waals surface area contributed by atoms with Crippen molar-refractivity contribution in [3.05, 3.63) is 17.7 Å². The summed E-state index contributed by atoms with van der Waals surface area (Å²) in [7, 11) is -6.00. The molecular formula is C6H10BF4N2-. The van der Waals surface area contributed by atoms with Crippen LogP contribution in [-0.4, -0.2) is 17.2 Å². The van der Waals surface area contributed by atoms with Crippen molar-refractivity contribution in [2.45, 2.75) is 20.3 Å². The van der Waals surface area contributed by atoms with Crippen LogP contribution in [0, 0.1) is 6.92 Å². The Hall–Kier alpha value is -1.01. The fourth-order valence-corrected chi connectivity index (χ4v) is 0.651. The van der Waals surface area contributed by atoms with Gasteiger partial charge in [0.1, 0.15) is 5.82 Å². The van der Waals surface area contributed by atoms with Gasteiger partial charge in [-0.2, -0.15) is 0 Å². The SMILES string of the molecule is CCc1cnc(C)[nH]1.F[B-](F)(F)F. The summed E-state index contributed by atoms with van der Waals surface area (Å²) in [5.74, 6) is 1.00. The summed E-state index contributed by atoms with van der Waals surface area (Å²) in [6, 6.07) is 0. The van der Waals surface area contributed by atoms with E-state index < -0.39 is 7.25 Å². The predicted octanol–water partition coefficient (Wildman–Crippen LogP) is 2.58.